The van der Waals surface area contributed by atoms with Crippen LogP contribution in [-0.2, 0) is 24.3 Å². The Balaban J connectivity index is 1.17. The van der Waals surface area contributed by atoms with E-state index in [1.807, 2.05) is 55.5 Å². The lowest BCUT2D eigenvalue weighted by molar-refractivity contribution is 0.0428. The summed E-state index contributed by atoms with van der Waals surface area (Å²) in [4.78, 5) is 37.9. The highest BCUT2D eigenvalue weighted by molar-refractivity contribution is 7.13. The molecule has 9 heteroatoms. The molecule has 8 nitrogen and oxygen atoms in total. The maximum atomic E-state index is 13.3. The smallest absolute Gasteiger partial charge is 0.280 e. The number of nitrogens with zero attached hydrogens (tertiary/aromatic N) is 2. The second kappa shape index (κ2) is 10.9. The molecule has 3 atom stereocenters. The van der Waals surface area contributed by atoms with Gasteiger partial charge in [0.05, 0.1) is 30.5 Å². The van der Waals surface area contributed by atoms with Gasteiger partial charge >= 0.3 is 0 Å². The topological polar surface area (TPSA) is 99.3 Å². The average Bonchev–Trinajstić information content (AvgIpc) is 3.64. The zero-order valence-corrected chi connectivity index (χ0v) is 23.0. The van der Waals surface area contributed by atoms with Crippen molar-refractivity contribution in [2.75, 3.05) is 13.6 Å². The Morgan fingerprint density at radius 1 is 1.08 bits per heavy atom. The summed E-state index contributed by atoms with van der Waals surface area (Å²) >= 11 is 1.47. The Bertz CT molecular complexity index is 1500. The van der Waals surface area contributed by atoms with E-state index in [9.17, 15) is 9.59 Å². The number of fused-ring (bicyclic) bond motifs is 2. The Kier molecular flexibility index (Phi) is 7.20. The summed E-state index contributed by atoms with van der Waals surface area (Å²) in [5.41, 5.74) is 4.69. The Hall–Kier alpha value is -3.53. The first-order chi connectivity index (χ1) is 18.9. The van der Waals surface area contributed by atoms with Crippen molar-refractivity contribution in [3.8, 4) is 0 Å². The number of H-pyrrole nitrogens is 1. The highest BCUT2D eigenvalue weighted by Gasteiger charge is 2.38. The van der Waals surface area contributed by atoms with E-state index in [0.717, 1.165) is 52.1 Å². The molecule has 3 N–H and O–H groups in total. The van der Waals surface area contributed by atoms with Gasteiger partial charge in [0.25, 0.3) is 11.8 Å². The van der Waals surface area contributed by atoms with Crippen LogP contribution < -0.4 is 10.6 Å². The quantitative estimate of drug-likeness (QED) is 0.325. The van der Waals surface area contributed by atoms with Crippen LogP contribution in [-0.4, -0.2) is 58.5 Å². The molecule has 1 aliphatic carbocycles. The molecule has 2 aromatic heterocycles. The van der Waals surface area contributed by atoms with Crippen molar-refractivity contribution in [3.63, 3.8) is 0 Å². The van der Waals surface area contributed by atoms with Crippen molar-refractivity contribution in [2.24, 2.45) is 0 Å². The number of ether oxygens (including phenoxy) is 1. The van der Waals surface area contributed by atoms with E-state index in [4.69, 9.17) is 4.74 Å². The second-order valence-electron chi connectivity index (χ2n) is 10.7. The molecular weight excluding hydrogens is 510 g/mol. The zero-order valence-electron chi connectivity index (χ0n) is 22.2. The van der Waals surface area contributed by atoms with Crippen LogP contribution in [0.4, 0.5) is 0 Å². The Labute approximate surface area is 231 Å². The van der Waals surface area contributed by atoms with Gasteiger partial charge in [0.15, 0.2) is 5.01 Å². The van der Waals surface area contributed by atoms with Gasteiger partial charge in [-0.1, -0.05) is 42.0 Å². The van der Waals surface area contributed by atoms with Gasteiger partial charge in [-0.25, -0.2) is 4.98 Å². The molecule has 0 bridgehead atoms. The molecule has 0 radical (unpaired) electrons. The second-order valence-corrected chi connectivity index (χ2v) is 11.8. The molecule has 1 saturated carbocycles. The third kappa shape index (κ3) is 5.75. The number of likely N-dealkylation sites (N-methyl/N-ethyl adjacent to an activating group) is 1. The fraction of sp³-hybridized carbons (Fsp3) is 0.367. The number of carbonyl (C=O) groups excluding carboxylic acids is 2. The fourth-order valence-electron chi connectivity index (χ4n) is 5.51. The summed E-state index contributed by atoms with van der Waals surface area (Å²) < 4.78 is 6.23. The van der Waals surface area contributed by atoms with Crippen LogP contribution in [0, 0.1) is 6.92 Å². The van der Waals surface area contributed by atoms with Crippen molar-refractivity contribution < 1.29 is 14.3 Å². The minimum Gasteiger partial charge on any atom is -0.373 e. The molecule has 1 aliphatic heterocycles. The maximum absolute atomic E-state index is 13.3. The van der Waals surface area contributed by atoms with Gasteiger partial charge in [-0.2, -0.15) is 0 Å². The van der Waals surface area contributed by atoms with Crippen molar-refractivity contribution in [3.05, 3.63) is 87.0 Å². The highest BCUT2D eigenvalue weighted by Crippen LogP contribution is 2.28. The van der Waals surface area contributed by atoms with Gasteiger partial charge in [-0.05, 0) is 50.6 Å². The molecular formula is C30H33N5O3S. The first-order valence-electron chi connectivity index (χ1n) is 13.4. The van der Waals surface area contributed by atoms with E-state index >= 15 is 0 Å². The summed E-state index contributed by atoms with van der Waals surface area (Å²) in [6.07, 6.45) is 1.99. The van der Waals surface area contributed by atoms with E-state index in [2.05, 4.69) is 38.6 Å². The molecule has 39 heavy (non-hydrogen) atoms. The SMILES string of the molecule is Cc1ccc2[nH]c(C(=O)N[C@@H]3CC(OCc4ccccc4)C[C@H]3NC(=O)c3nc4c(s3)CN(C)CC4)cc2c1. The molecule has 2 aromatic carbocycles. The molecule has 6 rings (SSSR count). The lowest BCUT2D eigenvalue weighted by Crippen LogP contribution is -2.48. The number of hydrogen-bond donors (Lipinski definition) is 3. The van der Waals surface area contributed by atoms with Crippen LogP contribution in [0.25, 0.3) is 10.9 Å². The van der Waals surface area contributed by atoms with E-state index in [0.29, 0.717) is 30.2 Å². The van der Waals surface area contributed by atoms with E-state index in [1.165, 1.54) is 11.3 Å². The molecule has 0 saturated heterocycles. The normalized spacial score (nSPS) is 21.1. The number of nitrogens with one attached hydrogen (secondary N) is 3. The van der Waals surface area contributed by atoms with Gasteiger partial charge in [0.2, 0.25) is 0 Å². The maximum Gasteiger partial charge on any atom is 0.280 e. The molecule has 202 valence electrons. The fourth-order valence-corrected chi connectivity index (χ4v) is 6.60. The Morgan fingerprint density at radius 2 is 1.85 bits per heavy atom. The number of aryl methyl sites for hydroxylation is 1. The van der Waals surface area contributed by atoms with E-state index in [-0.39, 0.29) is 30.0 Å². The standard InChI is InChI=1S/C30H33N5O3S/c1-18-8-9-22-20(12-18)13-26(31-22)28(36)32-24-14-21(38-17-19-6-4-3-5-7-19)15-25(24)33-29(37)30-34-23-10-11-35(2)16-27(23)39-30/h3-9,12-13,21,24-25,31H,10-11,14-17H2,1-2H3,(H,32,36)(H,33,37)/t21?,24-,25-/m1/s1. The average molecular weight is 544 g/mol. The van der Waals surface area contributed by atoms with Crippen LogP contribution in [0.1, 0.15) is 54.8 Å². The van der Waals surface area contributed by atoms with Crippen LogP contribution in [0.5, 0.6) is 0 Å². The summed E-state index contributed by atoms with van der Waals surface area (Å²) in [5, 5.41) is 7.83. The number of aromatic amines is 1. The number of thiazole rings is 1. The number of rotatable bonds is 7. The largest absolute Gasteiger partial charge is 0.373 e. The van der Waals surface area contributed by atoms with Crippen molar-refractivity contribution in [2.45, 2.75) is 57.5 Å². The zero-order chi connectivity index (χ0) is 26.9. The minimum absolute atomic E-state index is 0.0932. The van der Waals surface area contributed by atoms with Crippen LogP contribution in [0.3, 0.4) is 0 Å². The predicted octanol–water partition coefficient (Wildman–Crippen LogP) is 4.20. The van der Waals surface area contributed by atoms with Gasteiger partial charge < -0.3 is 25.3 Å². The van der Waals surface area contributed by atoms with Gasteiger partial charge in [-0.3, -0.25) is 9.59 Å². The summed E-state index contributed by atoms with van der Waals surface area (Å²) in [5.74, 6) is -0.379. The lowest BCUT2D eigenvalue weighted by Gasteiger charge is -2.21. The number of hydrogen-bond acceptors (Lipinski definition) is 6. The summed E-state index contributed by atoms with van der Waals surface area (Å²) in [6.45, 7) is 4.29. The lowest BCUT2D eigenvalue weighted by atomic mass is 10.1. The summed E-state index contributed by atoms with van der Waals surface area (Å²) in [6, 6.07) is 17.4. The van der Waals surface area contributed by atoms with Crippen molar-refractivity contribution in [1.82, 2.24) is 25.5 Å². The summed E-state index contributed by atoms with van der Waals surface area (Å²) in [7, 11) is 2.08. The van der Waals surface area contributed by atoms with Gasteiger partial charge in [0, 0.05) is 35.3 Å². The minimum atomic E-state index is -0.268. The third-order valence-corrected chi connectivity index (χ3v) is 8.70. The molecule has 2 amide bonds. The van der Waals surface area contributed by atoms with Crippen LogP contribution >= 0.6 is 11.3 Å². The molecule has 3 heterocycles. The van der Waals surface area contributed by atoms with E-state index < -0.39 is 0 Å². The van der Waals surface area contributed by atoms with Crippen LogP contribution in [0.15, 0.2) is 54.6 Å². The monoisotopic (exact) mass is 543 g/mol. The molecule has 1 fully saturated rings. The van der Waals surface area contributed by atoms with Crippen molar-refractivity contribution >= 4 is 34.1 Å². The number of carbonyl (C=O) groups is 2. The van der Waals surface area contributed by atoms with Gasteiger partial charge in [-0.15, -0.1) is 11.3 Å². The molecule has 0 spiro atoms. The number of amides is 2. The highest BCUT2D eigenvalue weighted by atomic mass is 32.1. The van der Waals surface area contributed by atoms with Crippen molar-refractivity contribution in [1.29, 1.82) is 0 Å². The number of benzene rings is 2. The molecule has 2 aliphatic rings. The predicted molar refractivity (Wildman–Crippen MR) is 152 cm³/mol. The van der Waals surface area contributed by atoms with Gasteiger partial charge in [0.1, 0.15) is 5.69 Å². The molecule has 1 unspecified atom stereocenters. The first kappa shape index (κ1) is 25.7. The first-order valence-corrected chi connectivity index (χ1v) is 14.3. The Morgan fingerprint density at radius 3 is 2.64 bits per heavy atom. The van der Waals surface area contributed by atoms with Crippen LogP contribution in [0.2, 0.25) is 0 Å². The number of aromatic nitrogens is 2. The molecule has 4 aromatic rings. The van der Waals surface area contributed by atoms with E-state index in [1.54, 1.807) is 0 Å². The third-order valence-electron chi connectivity index (χ3n) is 7.62.